The smallest absolute Gasteiger partial charge is 0.221 e. The van der Waals surface area contributed by atoms with Crippen LogP contribution in [0.3, 0.4) is 0 Å². The zero-order valence-corrected chi connectivity index (χ0v) is 16.9. The molecule has 0 radical (unpaired) electrons. The predicted octanol–water partition coefficient (Wildman–Crippen LogP) is 3.13. The Hall–Kier alpha value is -3.02. The molecule has 0 atom stereocenters. The number of benzene rings is 2. The number of carbonyl (C=O) groups is 1. The maximum atomic E-state index is 11.1. The van der Waals surface area contributed by atoms with Crippen LogP contribution in [0.15, 0.2) is 53.5 Å². The van der Waals surface area contributed by atoms with Gasteiger partial charge in [0.05, 0.1) is 6.54 Å². The first-order chi connectivity index (χ1) is 13.6. The molecule has 2 rings (SSSR count). The Morgan fingerprint density at radius 1 is 1.04 bits per heavy atom. The second-order valence-electron chi connectivity index (χ2n) is 6.48. The van der Waals surface area contributed by atoms with E-state index < -0.39 is 0 Å². The highest BCUT2D eigenvalue weighted by Crippen LogP contribution is 2.11. The molecule has 0 saturated carbocycles. The molecule has 0 spiro atoms. The Bertz CT molecular complexity index is 755. The lowest BCUT2D eigenvalue weighted by atomic mass is 10.1. The quantitative estimate of drug-likeness (QED) is 0.354. The largest absolute Gasteiger partial charge is 0.492 e. The van der Waals surface area contributed by atoms with Gasteiger partial charge in [-0.25, -0.2) is 0 Å². The van der Waals surface area contributed by atoms with E-state index in [1.165, 1.54) is 18.1 Å². The summed E-state index contributed by atoms with van der Waals surface area (Å²) in [5, 5.41) is 9.30. The molecule has 0 aliphatic rings. The van der Waals surface area contributed by atoms with Gasteiger partial charge in [-0.2, -0.15) is 0 Å². The fourth-order valence-corrected chi connectivity index (χ4v) is 2.57. The van der Waals surface area contributed by atoms with Crippen molar-refractivity contribution in [3.63, 3.8) is 0 Å². The lowest BCUT2D eigenvalue weighted by molar-refractivity contribution is -0.114. The van der Waals surface area contributed by atoms with Gasteiger partial charge in [0.1, 0.15) is 12.4 Å². The van der Waals surface area contributed by atoms with Crippen LogP contribution in [0.1, 0.15) is 25.0 Å². The first-order valence-electron chi connectivity index (χ1n) is 9.65. The lowest BCUT2D eigenvalue weighted by Crippen LogP contribution is -2.39. The Kier molecular flexibility index (Phi) is 8.85. The van der Waals surface area contributed by atoms with E-state index in [1.54, 1.807) is 0 Å². The standard InChI is InChI=1S/C22H30N4O2/c1-4-23-22(25-15-16-28-21-11-5-17(2)6-12-21)24-14-13-19-7-9-20(10-8-19)26-18(3)27/h5-12H,4,13-16H2,1-3H3,(H,26,27)(H2,23,24,25). The fraction of sp³-hybridized carbons (Fsp3) is 0.364. The number of guanidine groups is 1. The highest BCUT2D eigenvalue weighted by atomic mass is 16.5. The molecule has 0 bridgehead atoms. The average Bonchev–Trinajstić information content (AvgIpc) is 2.67. The van der Waals surface area contributed by atoms with Crippen LogP contribution in [0, 0.1) is 6.92 Å². The molecule has 0 aliphatic heterocycles. The lowest BCUT2D eigenvalue weighted by Gasteiger charge is -2.12. The van der Waals surface area contributed by atoms with E-state index >= 15 is 0 Å². The number of hydrogen-bond donors (Lipinski definition) is 3. The van der Waals surface area contributed by atoms with Crippen molar-refractivity contribution in [2.45, 2.75) is 27.2 Å². The molecule has 0 heterocycles. The number of aliphatic imine (C=N–C) groups is 1. The number of amides is 1. The molecule has 0 saturated heterocycles. The second-order valence-corrected chi connectivity index (χ2v) is 6.48. The monoisotopic (exact) mass is 382 g/mol. The number of nitrogens with one attached hydrogen (secondary N) is 3. The van der Waals surface area contributed by atoms with Gasteiger partial charge in [0.15, 0.2) is 5.96 Å². The number of aryl methyl sites for hydroxylation is 1. The molecule has 0 unspecified atom stereocenters. The van der Waals surface area contributed by atoms with E-state index in [2.05, 4.69) is 27.9 Å². The minimum atomic E-state index is -0.0648. The third-order valence-electron chi connectivity index (χ3n) is 3.97. The molecule has 0 fully saturated rings. The minimum absolute atomic E-state index is 0.0648. The van der Waals surface area contributed by atoms with Crippen molar-refractivity contribution in [3.8, 4) is 5.75 Å². The third kappa shape index (κ3) is 8.12. The zero-order valence-electron chi connectivity index (χ0n) is 16.9. The second kappa shape index (κ2) is 11.6. The molecule has 150 valence electrons. The van der Waals surface area contributed by atoms with Gasteiger partial charge in [0.2, 0.25) is 5.91 Å². The molecule has 1 amide bonds. The average molecular weight is 383 g/mol. The van der Waals surface area contributed by atoms with Crippen LogP contribution in [0.25, 0.3) is 0 Å². The van der Waals surface area contributed by atoms with Crippen LogP contribution in [-0.2, 0) is 11.2 Å². The summed E-state index contributed by atoms with van der Waals surface area (Å²) in [5.74, 6) is 1.59. The van der Waals surface area contributed by atoms with Crippen molar-refractivity contribution < 1.29 is 9.53 Å². The summed E-state index contributed by atoms with van der Waals surface area (Å²) in [6.07, 6.45) is 0.830. The Balaban J connectivity index is 1.74. The summed E-state index contributed by atoms with van der Waals surface area (Å²) in [5.41, 5.74) is 3.21. The van der Waals surface area contributed by atoms with E-state index in [-0.39, 0.29) is 5.91 Å². The van der Waals surface area contributed by atoms with Crippen molar-refractivity contribution in [1.29, 1.82) is 0 Å². The van der Waals surface area contributed by atoms with Crippen molar-refractivity contribution >= 4 is 17.6 Å². The molecule has 2 aromatic carbocycles. The van der Waals surface area contributed by atoms with Gasteiger partial charge in [-0.1, -0.05) is 29.8 Å². The first kappa shape index (κ1) is 21.3. The SMILES string of the molecule is CCNC(=NCCc1ccc(NC(C)=O)cc1)NCCOc1ccc(C)cc1. The molecule has 6 heteroatoms. The van der Waals surface area contributed by atoms with Gasteiger partial charge in [0, 0.05) is 25.7 Å². The summed E-state index contributed by atoms with van der Waals surface area (Å²) < 4.78 is 5.73. The predicted molar refractivity (Wildman–Crippen MR) is 115 cm³/mol. The van der Waals surface area contributed by atoms with Crippen LogP contribution < -0.4 is 20.7 Å². The zero-order chi connectivity index (χ0) is 20.2. The Labute approximate surface area is 167 Å². The maximum absolute atomic E-state index is 11.1. The van der Waals surface area contributed by atoms with Gasteiger partial charge in [-0.05, 0) is 50.1 Å². The number of carbonyl (C=O) groups excluding carboxylic acids is 1. The summed E-state index contributed by atoms with van der Waals surface area (Å²) in [6.45, 7) is 8.32. The highest BCUT2D eigenvalue weighted by Gasteiger charge is 2.00. The van der Waals surface area contributed by atoms with Crippen LogP contribution in [-0.4, -0.2) is 38.1 Å². The number of anilines is 1. The maximum Gasteiger partial charge on any atom is 0.221 e. The topological polar surface area (TPSA) is 74.8 Å². The summed E-state index contributed by atoms with van der Waals surface area (Å²) in [4.78, 5) is 15.7. The summed E-state index contributed by atoms with van der Waals surface area (Å²) in [7, 11) is 0. The molecular weight excluding hydrogens is 352 g/mol. The van der Waals surface area contributed by atoms with E-state index in [1.807, 2.05) is 55.5 Å². The van der Waals surface area contributed by atoms with E-state index in [0.717, 1.165) is 30.4 Å². The molecule has 6 nitrogen and oxygen atoms in total. The number of rotatable bonds is 9. The number of nitrogens with zero attached hydrogens (tertiary/aromatic N) is 1. The first-order valence-corrected chi connectivity index (χ1v) is 9.65. The Morgan fingerprint density at radius 2 is 1.75 bits per heavy atom. The van der Waals surface area contributed by atoms with Crippen molar-refractivity contribution in [1.82, 2.24) is 10.6 Å². The van der Waals surface area contributed by atoms with Gasteiger partial charge in [0.25, 0.3) is 0 Å². The van der Waals surface area contributed by atoms with Crippen LogP contribution >= 0.6 is 0 Å². The molecule has 0 aliphatic carbocycles. The molecule has 2 aromatic rings. The molecule has 28 heavy (non-hydrogen) atoms. The molecule has 3 N–H and O–H groups in total. The van der Waals surface area contributed by atoms with Crippen LogP contribution in [0.2, 0.25) is 0 Å². The van der Waals surface area contributed by atoms with Gasteiger partial charge >= 0.3 is 0 Å². The van der Waals surface area contributed by atoms with Gasteiger partial charge in [-0.3, -0.25) is 9.79 Å². The van der Waals surface area contributed by atoms with Crippen LogP contribution in [0.4, 0.5) is 5.69 Å². The summed E-state index contributed by atoms with van der Waals surface area (Å²) in [6, 6.07) is 15.9. The number of ether oxygens (including phenoxy) is 1. The highest BCUT2D eigenvalue weighted by molar-refractivity contribution is 5.88. The third-order valence-corrected chi connectivity index (χ3v) is 3.97. The van der Waals surface area contributed by atoms with E-state index in [9.17, 15) is 4.79 Å². The minimum Gasteiger partial charge on any atom is -0.492 e. The normalized spacial score (nSPS) is 11.0. The van der Waals surface area contributed by atoms with Crippen molar-refractivity contribution in [3.05, 3.63) is 59.7 Å². The molecule has 0 aromatic heterocycles. The van der Waals surface area contributed by atoms with Crippen molar-refractivity contribution in [2.75, 3.05) is 31.6 Å². The Morgan fingerprint density at radius 3 is 2.39 bits per heavy atom. The summed E-state index contributed by atoms with van der Waals surface area (Å²) >= 11 is 0. The number of hydrogen-bond acceptors (Lipinski definition) is 3. The molecular formula is C22H30N4O2. The van der Waals surface area contributed by atoms with Crippen molar-refractivity contribution in [2.24, 2.45) is 4.99 Å². The fourth-order valence-electron chi connectivity index (χ4n) is 2.57. The van der Waals surface area contributed by atoms with E-state index in [0.29, 0.717) is 19.7 Å². The van der Waals surface area contributed by atoms with Gasteiger partial charge < -0.3 is 20.7 Å². The van der Waals surface area contributed by atoms with Gasteiger partial charge in [-0.15, -0.1) is 0 Å². The van der Waals surface area contributed by atoms with Crippen LogP contribution in [0.5, 0.6) is 5.75 Å². The van der Waals surface area contributed by atoms with E-state index in [4.69, 9.17) is 4.74 Å².